The number of aromatic nitrogens is 1. The van der Waals surface area contributed by atoms with Crippen molar-refractivity contribution in [2.45, 2.75) is 33.6 Å². The van der Waals surface area contributed by atoms with E-state index in [0.717, 1.165) is 38.0 Å². The van der Waals surface area contributed by atoms with E-state index in [1.54, 1.807) is 12.4 Å². The first-order valence-corrected chi connectivity index (χ1v) is 12.9. The summed E-state index contributed by atoms with van der Waals surface area (Å²) < 4.78 is 13.4. The number of pyridine rings is 1. The summed E-state index contributed by atoms with van der Waals surface area (Å²) in [7, 11) is 0. The van der Waals surface area contributed by atoms with Crippen LogP contribution in [0.5, 0.6) is 11.5 Å². The van der Waals surface area contributed by atoms with Gasteiger partial charge in [-0.25, -0.2) is 0 Å². The van der Waals surface area contributed by atoms with E-state index in [4.69, 9.17) is 21.1 Å². The van der Waals surface area contributed by atoms with Gasteiger partial charge in [0.05, 0.1) is 5.02 Å². The Balaban J connectivity index is 1.56. The largest absolute Gasteiger partial charge is 0.488 e. The summed E-state index contributed by atoms with van der Waals surface area (Å²) in [6.45, 7) is 5.37. The zero-order chi connectivity index (χ0) is 25.3. The zero-order valence-corrected chi connectivity index (χ0v) is 22.6. The summed E-state index contributed by atoms with van der Waals surface area (Å²) >= 11 is 10.4. The van der Waals surface area contributed by atoms with Gasteiger partial charge in [-0.15, -0.1) is 0 Å². The van der Waals surface area contributed by atoms with Crippen molar-refractivity contribution in [2.24, 2.45) is 0 Å². The van der Waals surface area contributed by atoms with E-state index >= 15 is 0 Å². The highest BCUT2D eigenvalue weighted by molar-refractivity contribution is 9.10. The Bertz CT molecular complexity index is 1330. The Kier molecular flexibility index (Phi) is 9.04. The van der Waals surface area contributed by atoms with E-state index in [2.05, 4.69) is 44.4 Å². The molecule has 0 spiro atoms. The third-order valence-corrected chi connectivity index (χ3v) is 7.00. The first-order valence-electron chi connectivity index (χ1n) is 11.7. The van der Waals surface area contributed by atoms with Crippen molar-refractivity contribution < 1.29 is 9.47 Å². The second kappa shape index (κ2) is 12.6. The van der Waals surface area contributed by atoms with E-state index in [1.165, 1.54) is 0 Å². The van der Waals surface area contributed by atoms with E-state index in [9.17, 15) is 0 Å². The summed E-state index contributed by atoms with van der Waals surface area (Å²) in [6.07, 6.45) is 5.57. The third-order valence-electron chi connectivity index (χ3n) is 5.77. The zero-order valence-electron chi connectivity index (χ0n) is 20.3. The molecule has 1 heterocycles. The minimum Gasteiger partial charge on any atom is -0.488 e. The average molecular weight is 564 g/mol. The molecular weight excluding hydrogens is 536 g/mol. The number of ether oxygens (including phenoxy) is 2. The molecule has 4 nitrogen and oxygen atoms in total. The number of rotatable bonds is 10. The van der Waals surface area contributed by atoms with Gasteiger partial charge in [0, 0.05) is 51.9 Å². The highest BCUT2D eigenvalue weighted by Crippen LogP contribution is 2.36. The fourth-order valence-electron chi connectivity index (χ4n) is 3.63. The van der Waals surface area contributed by atoms with E-state index in [-0.39, 0.29) is 0 Å². The van der Waals surface area contributed by atoms with Gasteiger partial charge in [-0.1, -0.05) is 72.3 Å². The number of allylic oxidation sites excluding steroid dienone is 2. The van der Waals surface area contributed by atoms with Gasteiger partial charge in [0.15, 0.2) is 0 Å². The van der Waals surface area contributed by atoms with Gasteiger partial charge in [-0.05, 0) is 53.0 Å². The SMILES string of the molecule is C/C=C(\C)NCc1cc(Cl)c(OCc2cccc(-c3ccccc3)c2Br)cc1OCc1cccnc1. The van der Waals surface area contributed by atoms with Crippen LogP contribution < -0.4 is 14.8 Å². The molecule has 184 valence electrons. The molecule has 6 heteroatoms. The predicted molar refractivity (Wildman–Crippen MR) is 150 cm³/mol. The molecule has 0 unspecified atom stereocenters. The summed E-state index contributed by atoms with van der Waals surface area (Å²) in [5.74, 6) is 1.29. The number of hydrogen-bond donors (Lipinski definition) is 1. The lowest BCUT2D eigenvalue weighted by molar-refractivity contribution is 0.287. The Morgan fingerprint density at radius 1 is 0.944 bits per heavy atom. The number of benzene rings is 3. The first kappa shape index (κ1) is 25.8. The topological polar surface area (TPSA) is 43.4 Å². The molecule has 4 aromatic rings. The van der Waals surface area contributed by atoms with Crippen LogP contribution in [-0.4, -0.2) is 4.98 Å². The van der Waals surface area contributed by atoms with Gasteiger partial charge in [0.2, 0.25) is 0 Å². The summed E-state index contributed by atoms with van der Waals surface area (Å²) in [5.41, 5.74) is 6.30. The second-order valence-electron chi connectivity index (χ2n) is 8.30. The molecule has 0 amide bonds. The van der Waals surface area contributed by atoms with Crippen molar-refractivity contribution in [3.8, 4) is 22.6 Å². The van der Waals surface area contributed by atoms with Gasteiger partial charge in [-0.3, -0.25) is 4.98 Å². The molecule has 0 saturated heterocycles. The average Bonchev–Trinajstić information content (AvgIpc) is 2.92. The minimum absolute atomic E-state index is 0.359. The molecule has 0 saturated carbocycles. The number of halogens is 2. The second-order valence-corrected chi connectivity index (χ2v) is 9.50. The maximum absolute atomic E-state index is 6.66. The maximum atomic E-state index is 6.66. The van der Waals surface area contributed by atoms with Crippen LogP contribution >= 0.6 is 27.5 Å². The monoisotopic (exact) mass is 562 g/mol. The Labute approximate surface area is 226 Å². The summed E-state index contributed by atoms with van der Waals surface area (Å²) in [6, 6.07) is 24.1. The summed E-state index contributed by atoms with van der Waals surface area (Å²) in [4.78, 5) is 4.17. The smallest absolute Gasteiger partial charge is 0.142 e. The van der Waals surface area contributed by atoms with Gasteiger partial charge in [-0.2, -0.15) is 0 Å². The van der Waals surface area contributed by atoms with Gasteiger partial charge < -0.3 is 14.8 Å². The van der Waals surface area contributed by atoms with Crippen LogP contribution in [0.2, 0.25) is 5.02 Å². The predicted octanol–water partition coefficient (Wildman–Crippen LogP) is 8.34. The lowest BCUT2D eigenvalue weighted by Crippen LogP contribution is -2.12. The van der Waals surface area contributed by atoms with Crippen LogP contribution in [-0.2, 0) is 19.8 Å². The molecule has 1 N–H and O–H groups in total. The molecule has 4 rings (SSSR count). The molecule has 0 fully saturated rings. The number of nitrogens with zero attached hydrogens (tertiary/aromatic N) is 1. The Morgan fingerprint density at radius 2 is 1.75 bits per heavy atom. The lowest BCUT2D eigenvalue weighted by Gasteiger charge is -2.17. The standard InChI is InChI=1S/C30H28BrClN2O2/c1-3-21(2)34-18-25-15-27(32)29(16-28(25)35-19-22-9-8-14-33-17-22)36-20-24-12-7-13-26(30(24)31)23-10-5-4-6-11-23/h3-17,34H,18-20H2,1-2H3/b21-3+. The third kappa shape index (κ3) is 6.68. The van der Waals surface area contributed by atoms with Crippen molar-refractivity contribution >= 4 is 27.5 Å². The van der Waals surface area contributed by atoms with Crippen molar-refractivity contribution in [2.75, 3.05) is 0 Å². The van der Waals surface area contributed by atoms with Crippen LogP contribution in [0.25, 0.3) is 11.1 Å². The fraction of sp³-hybridized carbons (Fsp3) is 0.167. The molecule has 0 aliphatic heterocycles. The maximum Gasteiger partial charge on any atom is 0.142 e. The molecule has 0 aliphatic carbocycles. The van der Waals surface area contributed by atoms with E-state index < -0.39 is 0 Å². The van der Waals surface area contributed by atoms with Crippen LogP contribution in [0.1, 0.15) is 30.5 Å². The highest BCUT2D eigenvalue weighted by Gasteiger charge is 2.14. The van der Waals surface area contributed by atoms with Crippen molar-refractivity contribution in [3.63, 3.8) is 0 Å². The number of nitrogens with one attached hydrogen (secondary N) is 1. The van der Waals surface area contributed by atoms with E-state index in [1.807, 2.05) is 74.5 Å². The van der Waals surface area contributed by atoms with Crippen LogP contribution in [0.3, 0.4) is 0 Å². The minimum atomic E-state index is 0.359. The van der Waals surface area contributed by atoms with Crippen molar-refractivity contribution in [1.29, 1.82) is 0 Å². The highest BCUT2D eigenvalue weighted by atomic mass is 79.9. The van der Waals surface area contributed by atoms with Crippen LogP contribution in [0, 0.1) is 0 Å². The van der Waals surface area contributed by atoms with Crippen molar-refractivity contribution in [3.05, 3.63) is 123 Å². The molecule has 0 bridgehead atoms. The molecule has 3 aromatic carbocycles. The normalized spacial score (nSPS) is 11.3. The quantitative estimate of drug-likeness (QED) is 0.211. The van der Waals surface area contributed by atoms with Gasteiger partial charge in [0.1, 0.15) is 24.7 Å². The molecule has 0 aliphatic rings. The Hall–Kier alpha value is -3.28. The first-order chi connectivity index (χ1) is 17.5. The van der Waals surface area contributed by atoms with E-state index in [0.29, 0.717) is 36.3 Å². The van der Waals surface area contributed by atoms with Crippen LogP contribution in [0.15, 0.2) is 101 Å². The lowest BCUT2D eigenvalue weighted by atomic mass is 10.0. The molecule has 0 radical (unpaired) electrons. The van der Waals surface area contributed by atoms with Crippen LogP contribution in [0.4, 0.5) is 0 Å². The molecular formula is C30H28BrClN2O2. The molecule has 0 atom stereocenters. The van der Waals surface area contributed by atoms with Gasteiger partial charge in [0.25, 0.3) is 0 Å². The number of hydrogen-bond acceptors (Lipinski definition) is 4. The molecule has 1 aromatic heterocycles. The van der Waals surface area contributed by atoms with Crippen molar-refractivity contribution in [1.82, 2.24) is 10.3 Å². The Morgan fingerprint density at radius 3 is 2.50 bits per heavy atom. The fourth-order valence-corrected chi connectivity index (χ4v) is 4.48. The molecule has 36 heavy (non-hydrogen) atoms. The van der Waals surface area contributed by atoms with Gasteiger partial charge >= 0.3 is 0 Å². The summed E-state index contributed by atoms with van der Waals surface area (Å²) in [5, 5.41) is 3.92.